The molecule has 0 aromatic carbocycles. The minimum atomic E-state index is -0.254. The number of nitrogens with one attached hydrogen (secondary N) is 1. The van der Waals surface area contributed by atoms with Crippen molar-refractivity contribution in [3.05, 3.63) is 0 Å². The highest BCUT2D eigenvalue weighted by atomic mass is 16.5. The summed E-state index contributed by atoms with van der Waals surface area (Å²) < 4.78 is 4.98. The van der Waals surface area contributed by atoms with Crippen molar-refractivity contribution in [1.29, 1.82) is 0 Å². The van der Waals surface area contributed by atoms with E-state index in [-0.39, 0.29) is 6.10 Å². The molecule has 76 valence electrons. The van der Waals surface area contributed by atoms with E-state index in [2.05, 4.69) is 5.32 Å². The monoisotopic (exact) mass is 185 g/mol. The topological polar surface area (TPSA) is 41.5 Å². The molecule has 3 nitrogen and oxygen atoms in total. The van der Waals surface area contributed by atoms with E-state index in [9.17, 15) is 5.11 Å². The number of aliphatic hydroxyl groups excluding tert-OH is 1. The summed E-state index contributed by atoms with van der Waals surface area (Å²) in [5.41, 5.74) is 0. The first-order valence-electron chi connectivity index (χ1n) is 5.22. The molecule has 2 fully saturated rings. The predicted octanol–water partition coefficient (Wildman–Crippen LogP) is 0.524. The third-order valence-electron chi connectivity index (χ3n) is 3.39. The summed E-state index contributed by atoms with van der Waals surface area (Å²) in [6.07, 6.45) is 4.58. The van der Waals surface area contributed by atoms with E-state index in [1.54, 1.807) is 7.11 Å². The van der Waals surface area contributed by atoms with Gasteiger partial charge in [0.1, 0.15) is 0 Å². The molecule has 2 saturated heterocycles. The lowest BCUT2D eigenvalue weighted by Crippen LogP contribution is -2.42. The Balaban J connectivity index is 1.87. The van der Waals surface area contributed by atoms with Crippen LogP contribution in [-0.4, -0.2) is 37.0 Å². The number of hydrogen-bond acceptors (Lipinski definition) is 3. The molecular formula is C10H19NO2. The summed E-state index contributed by atoms with van der Waals surface area (Å²) in [4.78, 5) is 0. The highest BCUT2D eigenvalue weighted by Gasteiger charge is 2.36. The maximum absolute atomic E-state index is 9.78. The smallest absolute Gasteiger partial charge is 0.0802 e. The lowest BCUT2D eigenvalue weighted by molar-refractivity contribution is 0.00933. The van der Waals surface area contributed by atoms with Gasteiger partial charge in [0.05, 0.1) is 12.7 Å². The number of fused-ring (bicyclic) bond motifs is 2. The molecule has 3 atom stereocenters. The van der Waals surface area contributed by atoms with E-state index in [4.69, 9.17) is 4.74 Å². The Morgan fingerprint density at radius 1 is 1.38 bits per heavy atom. The Morgan fingerprint density at radius 3 is 2.54 bits per heavy atom. The molecule has 13 heavy (non-hydrogen) atoms. The molecule has 0 spiro atoms. The van der Waals surface area contributed by atoms with Crippen LogP contribution >= 0.6 is 0 Å². The van der Waals surface area contributed by atoms with E-state index in [0.29, 0.717) is 24.6 Å². The lowest BCUT2D eigenvalue weighted by atomic mass is 9.88. The van der Waals surface area contributed by atoms with Crippen LogP contribution in [-0.2, 0) is 4.74 Å². The van der Waals surface area contributed by atoms with Gasteiger partial charge in [0, 0.05) is 19.2 Å². The second-order valence-electron chi connectivity index (χ2n) is 4.39. The van der Waals surface area contributed by atoms with Crippen LogP contribution in [0.25, 0.3) is 0 Å². The third-order valence-corrected chi connectivity index (χ3v) is 3.39. The number of piperidine rings is 1. The maximum Gasteiger partial charge on any atom is 0.0802 e. The molecule has 3 unspecified atom stereocenters. The Bertz CT molecular complexity index is 162. The molecule has 2 heterocycles. The summed E-state index contributed by atoms with van der Waals surface area (Å²) >= 11 is 0. The minimum Gasteiger partial charge on any atom is -0.390 e. The van der Waals surface area contributed by atoms with Gasteiger partial charge in [-0.1, -0.05) is 0 Å². The van der Waals surface area contributed by atoms with Crippen molar-refractivity contribution in [2.45, 2.75) is 43.9 Å². The van der Waals surface area contributed by atoms with Crippen LogP contribution < -0.4 is 5.32 Å². The fourth-order valence-electron chi connectivity index (χ4n) is 2.72. The predicted molar refractivity (Wildman–Crippen MR) is 50.6 cm³/mol. The Morgan fingerprint density at radius 2 is 2.00 bits per heavy atom. The number of ether oxygens (including phenoxy) is 1. The SMILES string of the molecule is COCC(O)C1CC2CCC(C1)N2. The molecule has 2 aliphatic heterocycles. The van der Waals surface area contributed by atoms with Crippen LogP contribution in [0.4, 0.5) is 0 Å². The average molecular weight is 185 g/mol. The van der Waals surface area contributed by atoms with Crippen LogP contribution in [0.5, 0.6) is 0 Å². The fourth-order valence-corrected chi connectivity index (χ4v) is 2.72. The second-order valence-corrected chi connectivity index (χ2v) is 4.39. The van der Waals surface area contributed by atoms with Gasteiger partial charge in [0.15, 0.2) is 0 Å². The van der Waals surface area contributed by atoms with Gasteiger partial charge >= 0.3 is 0 Å². The van der Waals surface area contributed by atoms with Gasteiger partial charge in [-0.15, -0.1) is 0 Å². The third kappa shape index (κ3) is 2.03. The molecule has 2 aliphatic rings. The van der Waals surface area contributed by atoms with Gasteiger partial charge in [-0.3, -0.25) is 0 Å². The highest BCUT2D eigenvalue weighted by molar-refractivity contribution is 4.93. The Hall–Kier alpha value is -0.120. The molecule has 0 saturated carbocycles. The molecule has 0 aliphatic carbocycles. The van der Waals surface area contributed by atoms with Crippen molar-refractivity contribution in [1.82, 2.24) is 5.32 Å². The van der Waals surface area contributed by atoms with E-state index in [0.717, 1.165) is 12.8 Å². The zero-order chi connectivity index (χ0) is 9.26. The van der Waals surface area contributed by atoms with E-state index >= 15 is 0 Å². The largest absolute Gasteiger partial charge is 0.390 e. The van der Waals surface area contributed by atoms with Crippen molar-refractivity contribution in [3.63, 3.8) is 0 Å². The summed E-state index contributed by atoms with van der Waals surface area (Å²) in [5, 5.41) is 13.3. The maximum atomic E-state index is 9.78. The van der Waals surface area contributed by atoms with Gasteiger partial charge in [-0.2, -0.15) is 0 Å². The van der Waals surface area contributed by atoms with Crippen molar-refractivity contribution < 1.29 is 9.84 Å². The lowest BCUT2D eigenvalue weighted by Gasteiger charge is -2.31. The van der Waals surface area contributed by atoms with Crippen molar-refractivity contribution in [2.24, 2.45) is 5.92 Å². The molecule has 0 aromatic heterocycles. The number of rotatable bonds is 3. The van der Waals surface area contributed by atoms with Crippen LogP contribution in [0, 0.1) is 5.92 Å². The van der Waals surface area contributed by atoms with Gasteiger partial charge in [0.25, 0.3) is 0 Å². The first-order chi connectivity index (χ1) is 6.29. The van der Waals surface area contributed by atoms with Gasteiger partial charge in [-0.05, 0) is 31.6 Å². The van der Waals surface area contributed by atoms with Crippen LogP contribution in [0.15, 0.2) is 0 Å². The average Bonchev–Trinajstić information content (AvgIpc) is 2.46. The summed E-state index contributed by atoms with van der Waals surface area (Å²) in [6, 6.07) is 1.32. The molecule has 3 heteroatoms. The van der Waals surface area contributed by atoms with Crippen molar-refractivity contribution >= 4 is 0 Å². The molecule has 0 amide bonds. The van der Waals surface area contributed by atoms with Gasteiger partial charge in [-0.25, -0.2) is 0 Å². The summed E-state index contributed by atoms with van der Waals surface area (Å²) in [7, 11) is 1.65. The minimum absolute atomic E-state index is 0.254. The first-order valence-corrected chi connectivity index (χ1v) is 5.22. The zero-order valence-corrected chi connectivity index (χ0v) is 8.20. The number of methoxy groups -OCH3 is 1. The van der Waals surface area contributed by atoms with Crippen LogP contribution in [0.3, 0.4) is 0 Å². The quantitative estimate of drug-likeness (QED) is 0.673. The van der Waals surface area contributed by atoms with Crippen molar-refractivity contribution in [3.8, 4) is 0 Å². The zero-order valence-electron chi connectivity index (χ0n) is 8.20. The molecule has 2 N–H and O–H groups in total. The van der Waals surface area contributed by atoms with Gasteiger partial charge < -0.3 is 15.2 Å². The Kier molecular flexibility index (Phi) is 2.86. The van der Waals surface area contributed by atoms with E-state index in [1.165, 1.54) is 12.8 Å². The molecule has 0 aromatic rings. The first kappa shape index (κ1) is 9.44. The standard InChI is InChI=1S/C10H19NO2/c1-13-6-10(12)7-4-8-2-3-9(5-7)11-8/h7-12H,2-6H2,1H3. The molecule has 0 radical (unpaired) electrons. The Labute approximate surface area is 79.5 Å². The molecule has 2 rings (SSSR count). The van der Waals surface area contributed by atoms with Gasteiger partial charge in [0.2, 0.25) is 0 Å². The summed E-state index contributed by atoms with van der Waals surface area (Å²) in [5.74, 6) is 0.457. The molecule has 2 bridgehead atoms. The fraction of sp³-hybridized carbons (Fsp3) is 1.00. The van der Waals surface area contributed by atoms with Crippen LogP contribution in [0.2, 0.25) is 0 Å². The van der Waals surface area contributed by atoms with E-state index in [1.807, 2.05) is 0 Å². The highest BCUT2D eigenvalue weighted by Crippen LogP contribution is 2.32. The van der Waals surface area contributed by atoms with Crippen LogP contribution in [0.1, 0.15) is 25.7 Å². The number of aliphatic hydroxyl groups is 1. The van der Waals surface area contributed by atoms with E-state index < -0.39 is 0 Å². The normalized spacial score (nSPS) is 40.6. The number of hydrogen-bond donors (Lipinski definition) is 2. The van der Waals surface area contributed by atoms with Crippen molar-refractivity contribution in [2.75, 3.05) is 13.7 Å². The summed E-state index contributed by atoms with van der Waals surface area (Å²) in [6.45, 7) is 0.490. The second kappa shape index (κ2) is 3.95. The molecular weight excluding hydrogens is 166 g/mol.